The molecule has 0 atom stereocenters. The van der Waals surface area contributed by atoms with Crippen LogP contribution in [0.25, 0.3) is 5.65 Å². The molecule has 4 aromatic rings. The minimum absolute atomic E-state index is 0.132. The highest BCUT2D eigenvalue weighted by molar-refractivity contribution is 7.99. The van der Waals surface area contributed by atoms with Gasteiger partial charge in [0.15, 0.2) is 5.65 Å². The van der Waals surface area contributed by atoms with E-state index in [1.807, 2.05) is 68.4 Å². The largest absolute Gasteiger partial charge is 0.325 e. The van der Waals surface area contributed by atoms with E-state index in [1.54, 1.807) is 16.3 Å². The van der Waals surface area contributed by atoms with E-state index < -0.39 is 0 Å². The molecule has 2 aromatic carbocycles. The molecule has 2 aromatic heterocycles. The van der Waals surface area contributed by atoms with Gasteiger partial charge in [0, 0.05) is 32.8 Å². The first-order chi connectivity index (χ1) is 14.0. The number of carbonyl (C=O) groups excluding carboxylic acids is 1. The summed E-state index contributed by atoms with van der Waals surface area (Å²) in [5.74, 6) is -0.132. The molecule has 0 saturated carbocycles. The van der Waals surface area contributed by atoms with E-state index in [0.29, 0.717) is 5.65 Å². The van der Waals surface area contributed by atoms with Crippen LogP contribution in [0.2, 0.25) is 0 Å². The zero-order valence-corrected chi connectivity index (χ0v) is 16.9. The summed E-state index contributed by atoms with van der Waals surface area (Å²) >= 11 is 1.60. The summed E-state index contributed by atoms with van der Waals surface area (Å²) in [4.78, 5) is 30.9. The van der Waals surface area contributed by atoms with E-state index in [-0.39, 0.29) is 17.9 Å². The minimum Gasteiger partial charge on any atom is -0.325 e. The second-order valence-electron chi connectivity index (χ2n) is 6.71. The number of nitrogens with zero attached hydrogens (tertiary/aromatic N) is 2. The molecule has 0 aliphatic rings. The number of benzene rings is 2. The predicted molar refractivity (Wildman–Crippen MR) is 115 cm³/mol. The van der Waals surface area contributed by atoms with Crippen LogP contribution in [0.5, 0.6) is 0 Å². The molecule has 0 aliphatic heterocycles. The average Bonchev–Trinajstić information content (AvgIpc) is 3.08. The standard InChI is InChI=1S/C22H20N4O2S/c1-14-17(15(2)26-20(23-14)13-22(28)25-26)12-21(27)24-18-10-6-7-11-19(18)29-16-8-4-3-5-9-16/h3-11,13H,12H2,1-2H3,(H,24,27)(H,25,28). The van der Waals surface area contributed by atoms with Crippen molar-refractivity contribution < 1.29 is 4.79 Å². The lowest BCUT2D eigenvalue weighted by atomic mass is 10.1. The van der Waals surface area contributed by atoms with Crippen LogP contribution in [0.1, 0.15) is 17.0 Å². The molecule has 0 saturated heterocycles. The first kappa shape index (κ1) is 19.0. The van der Waals surface area contributed by atoms with E-state index in [2.05, 4.69) is 15.4 Å². The van der Waals surface area contributed by atoms with Crippen molar-refractivity contribution in [1.82, 2.24) is 14.6 Å². The number of hydrogen-bond donors (Lipinski definition) is 2. The molecule has 0 aliphatic carbocycles. The van der Waals surface area contributed by atoms with Crippen molar-refractivity contribution in [2.45, 2.75) is 30.1 Å². The number of aromatic amines is 1. The van der Waals surface area contributed by atoms with Crippen LogP contribution in [0.15, 0.2) is 75.2 Å². The van der Waals surface area contributed by atoms with Crippen LogP contribution in [0, 0.1) is 13.8 Å². The van der Waals surface area contributed by atoms with Crippen molar-refractivity contribution >= 4 is 29.0 Å². The molecule has 0 bridgehead atoms. The fraction of sp³-hybridized carbons (Fsp3) is 0.136. The van der Waals surface area contributed by atoms with Gasteiger partial charge in [-0.05, 0) is 38.1 Å². The fourth-order valence-corrected chi connectivity index (χ4v) is 4.16. The van der Waals surface area contributed by atoms with Gasteiger partial charge in [-0.1, -0.05) is 42.1 Å². The maximum atomic E-state index is 12.8. The summed E-state index contributed by atoms with van der Waals surface area (Å²) in [6, 6.07) is 19.2. The van der Waals surface area contributed by atoms with Gasteiger partial charge in [-0.25, -0.2) is 9.50 Å². The van der Waals surface area contributed by atoms with E-state index in [4.69, 9.17) is 0 Å². The molecule has 7 heteroatoms. The number of nitrogens with one attached hydrogen (secondary N) is 2. The van der Waals surface area contributed by atoms with Crippen LogP contribution in [-0.4, -0.2) is 20.5 Å². The predicted octanol–water partition coefficient (Wildman–Crippen LogP) is 3.97. The highest BCUT2D eigenvalue weighted by Crippen LogP contribution is 2.33. The second kappa shape index (κ2) is 7.97. The highest BCUT2D eigenvalue weighted by atomic mass is 32.2. The van der Waals surface area contributed by atoms with Crippen LogP contribution in [-0.2, 0) is 11.2 Å². The van der Waals surface area contributed by atoms with Crippen molar-refractivity contribution in [3.8, 4) is 0 Å². The van der Waals surface area contributed by atoms with Crippen LogP contribution >= 0.6 is 11.8 Å². The maximum absolute atomic E-state index is 12.8. The van der Waals surface area contributed by atoms with Gasteiger partial charge >= 0.3 is 0 Å². The maximum Gasteiger partial charge on any atom is 0.266 e. The fourth-order valence-electron chi connectivity index (χ4n) is 3.24. The van der Waals surface area contributed by atoms with Gasteiger partial charge in [-0.15, -0.1) is 0 Å². The lowest BCUT2D eigenvalue weighted by Crippen LogP contribution is -2.18. The molecule has 29 heavy (non-hydrogen) atoms. The Kier molecular flexibility index (Phi) is 5.22. The van der Waals surface area contributed by atoms with Gasteiger partial charge in [0.2, 0.25) is 5.91 Å². The third kappa shape index (κ3) is 4.09. The van der Waals surface area contributed by atoms with E-state index in [9.17, 15) is 9.59 Å². The van der Waals surface area contributed by atoms with E-state index in [1.165, 1.54) is 6.07 Å². The Labute approximate surface area is 172 Å². The number of H-pyrrole nitrogens is 1. The molecule has 1 amide bonds. The number of amides is 1. The lowest BCUT2D eigenvalue weighted by Gasteiger charge is -2.13. The van der Waals surface area contributed by atoms with Crippen LogP contribution in [0.3, 0.4) is 0 Å². The normalized spacial score (nSPS) is 11.0. The van der Waals surface area contributed by atoms with Crippen LogP contribution < -0.4 is 10.9 Å². The SMILES string of the molecule is Cc1nc2cc(=O)[nH]n2c(C)c1CC(=O)Nc1ccccc1Sc1ccccc1. The number of carbonyl (C=O) groups is 1. The summed E-state index contributed by atoms with van der Waals surface area (Å²) in [6.07, 6.45) is 0.172. The quantitative estimate of drug-likeness (QED) is 0.527. The van der Waals surface area contributed by atoms with E-state index >= 15 is 0 Å². The molecular weight excluding hydrogens is 384 g/mol. The van der Waals surface area contributed by atoms with Gasteiger partial charge in [0.25, 0.3) is 5.56 Å². The molecule has 0 unspecified atom stereocenters. The molecule has 0 fully saturated rings. The first-order valence-corrected chi connectivity index (χ1v) is 10.0. The molecule has 6 nitrogen and oxygen atoms in total. The van der Waals surface area contributed by atoms with Gasteiger partial charge in [0.1, 0.15) is 0 Å². The number of hydrogen-bond acceptors (Lipinski definition) is 4. The van der Waals surface area contributed by atoms with Crippen molar-refractivity contribution in [1.29, 1.82) is 0 Å². The Hall–Kier alpha value is -3.32. The average molecular weight is 404 g/mol. The Morgan fingerprint density at radius 3 is 2.62 bits per heavy atom. The zero-order chi connectivity index (χ0) is 20.4. The highest BCUT2D eigenvalue weighted by Gasteiger charge is 2.15. The van der Waals surface area contributed by atoms with Gasteiger partial charge in [-0.2, -0.15) is 0 Å². The summed E-state index contributed by atoms with van der Waals surface area (Å²) in [6.45, 7) is 3.73. The number of aryl methyl sites for hydroxylation is 2. The molecule has 0 radical (unpaired) electrons. The monoisotopic (exact) mass is 404 g/mol. The summed E-state index contributed by atoms with van der Waals surface area (Å²) < 4.78 is 1.62. The van der Waals surface area contributed by atoms with Gasteiger partial charge in [0.05, 0.1) is 12.1 Å². The van der Waals surface area contributed by atoms with Crippen molar-refractivity contribution in [2.75, 3.05) is 5.32 Å². The topological polar surface area (TPSA) is 79.3 Å². The van der Waals surface area contributed by atoms with Gasteiger partial charge in [-0.3, -0.25) is 14.7 Å². The number of fused-ring (bicyclic) bond motifs is 1. The summed E-state index contributed by atoms with van der Waals surface area (Å²) in [7, 11) is 0. The minimum atomic E-state index is -0.214. The lowest BCUT2D eigenvalue weighted by molar-refractivity contribution is -0.115. The summed E-state index contributed by atoms with van der Waals surface area (Å²) in [5.41, 5.74) is 3.45. The Morgan fingerprint density at radius 1 is 1.10 bits per heavy atom. The molecule has 2 N–H and O–H groups in total. The molecule has 146 valence electrons. The molecule has 2 heterocycles. The third-order valence-corrected chi connectivity index (χ3v) is 5.76. The van der Waals surface area contributed by atoms with Crippen molar-refractivity contribution in [2.24, 2.45) is 0 Å². The number of aromatic nitrogens is 3. The van der Waals surface area contributed by atoms with Crippen LogP contribution in [0.4, 0.5) is 5.69 Å². The Morgan fingerprint density at radius 2 is 1.83 bits per heavy atom. The third-order valence-electron chi connectivity index (χ3n) is 4.67. The van der Waals surface area contributed by atoms with Crippen molar-refractivity contribution in [3.63, 3.8) is 0 Å². The summed E-state index contributed by atoms with van der Waals surface area (Å²) in [5, 5.41) is 5.74. The van der Waals surface area contributed by atoms with Crippen molar-refractivity contribution in [3.05, 3.63) is 88.0 Å². The number of para-hydroxylation sites is 1. The van der Waals surface area contributed by atoms with E-state index in [0.717, 1.165) is 32.4 Å². The van der Waals surface area contributed by atoms with Gasteiger partial charge < -0.3 is 5.32 Å². The first-order valence-electron chi connectivity index (χ1n) is 9.21. The number of rotatable bonds is 5. The second-order valence-corrected chi connectivity index (χ2v) is 7.83. The molecule has 0 spiro atoms. The molecular formula is C22H20N4O2S. The zero-order valence-electron chi connectivity index (χ0n) is 16.1. The number of anilines is 1. The Balaban J connectivity index is 1.57. The molecule has 4 rings (SSSR count). The smallest absolute Gasteiger partial charge is 0.266 e. The Bertz CT molecular complexity index is 1240.